The Kier molecular flexibility index (Phi) is 6.08. The van der Waals surface area contributed by atoms with Gasteiger partial charge >= 0.3 is 0 Å². The lowest BCUT2D eigenvalue weighted by Gasteiger charge is -2.32. The van der Waals surface area contributed by atoms with Crippen LogP contribution in [0.3, 0.4) is 0 Å². The predicted molar refractivity (Wildman–Crippen MR) is 134 cm³/mol. The summed E-state index contributed by atoms with van der Waals surface area (Å²) in [5.74, 6) is 2.29. The number of aromatic nitrogens is 4. The van der Waals surface area contributed by atoms with Gasteiger partial charge in [-0.05, 0) is 62.1 Å². The lowest BCUT2D eigenvalue weighted by molar-refractivity contribution is -0.120. The Labute approximate surface area is 199 Å². The van der Waals surface area contributed by atoms with Crippen molar-refractivity contribution in [2.24, 2.45) is 5.92 Å². The van der Waals surface area contributed by atoms with Crippen molar-refractivity contribution in [2.75, 3.05) is 23.3 Å². The quantitative estimate of drug-likeness (QED) is 0.471. The molecule has 2 aromatic heterocycles. The number of aryl methyl sites for hydroxylation is 2. The number of imidazole rings is 1. The molecule has 0 bridgehead atoms. The van der Waals surface area contributed by atoms with Gasteiger partial charge in [-0.2, -0.15) is 0 Å². The van der Waals surface area contributed by atoms with Gasteiger partial charge < -0.3 is 10.2 Å². The van der Waals surface area contributed by atoms with E-state index in [1.165, 1.54) is 11.1 Å². The van der Waals surface area contributed by atoms with Gasteiger partial charge in [0.05, 0.1) is 5.92 Å². The molecule has 2 aromatic carbocycles. The van der Waals surface area contributed by atoms with Crippen LogP contribution < -0.4 is 10.2 Å². The van der Waals surface area contributed by atoms with E-state index in [1.807, 2.05) is 71.4 Å². The average Bonchev–Trinajstić information content (AvgIpc) is 3.37. The van der Waals surface area contributed by atoms with Gasteiger partial charge in [0.1, 0.15) is 5.82 Å². The third kappa shape index (κ3) is 4.55. The zero-order chi connectivity index (χ0) is 23.5. The van der Waals surface area contributed by atoms with Crippen molar-refractivity contribution in [1.82, 2.24) is 19.7 Å². The minimum Gasteiger partial charge on any atom is -0.354 e. The second-order valence-electron chi connectivity index (χ2n) is 8.81. The van der Waals surface area contributed by atoms with Crippen LogP contribution in [0.25, 0.3) is 17.2 Å². The van der Waals surface area contributed by atoms with Crippen LogP contribution >= 0.6 is 0 Å². The van der Waals surface area contributed by atoms with E-state index >= 15 is 0 Å². The standard InChI is InChI=1S/C27H28N6O/c1-19-10-11-23(17-20(19)2)29-27(34)22-9-6-15-32(18-22)24-12-13-25(31-30-24)33-16-14-28-26(33)21-7-4-3-5-8-21/h3-5,7-8,10-14,16-17,22H,6,9,15,18H2,1-2H3,(H,29,34). The molecule has 1 atom stereocenters. The maximum Gasteiger partial charge on any atom is 0.229 e. The second-order valence-corrected chi connectivity index (χ2v) is 8.81. The molecule has 5 rings (SSSR count). The van der Waals surface area contributed by atoms with Crippen LogP contribution in [0.4, 0.5) is 11.5 Å². The molecule has 172 valence electrons. The SMILES string of the molecule is Cc1ccc(NC(=O)C2CCCN(c3ccc(-n4ccnc4-c4ccccc4)nn3)C2)cc1C. The van der Waals surface area contributed by atoms with E-state index in [0.29, 0.717) is 12.4 Å². The van der Waals surface area contributed by atoms with Crippen LogP contribution in [0.2, 0.25) is 0 Å². The van der Waals surface area contributed by atoms with Gasteiger partial charge in [0.15, 0.2) is 11.6 Å². The van der Waals surface area contributed by atoms with Crippen molar-refractivity contribution in [3.8, 4) is 17.2 Å². The number of benzene rings is 2. The van der Waals surface area contributed by atoms with Gasteiger partial charge in [-0.3, -0.25) is 9.36 Å². The molecule has 1 N–H and O–H groups in total. The van der Waals surface area contributed by atoms with Crippen molar-refractivity contribution in [3.63, 3.8) is 0 Å². The third-order valence-corrected chi connectivity index (χ3v) is 6.45. The number of nitrogens with one attached hydrogen (secondary N) is 1. The molecule has 0 radical (unpaired) electrons. The highest BCUT2D eigenvalue weighted by Crippen LogP contribution is 2.25. The topological polar surface area (TPSA) is 75.9 Å². The molecule has 1 fully saturated rings. The molecule has 1 aliphatic heterocycles. The Bertz CT molecular complexity index is 1280. The summed E-state index contributed by atoms with van der Waals surface area (Å²) in [6, 6.07) is 20.0. The van der Waals surface area contributed by atoms with Crippen LogP contribution in [0.1, 0.15) is 24.0 Å². The number of anilines is 2. The molecule has 7 heteroatoms. The zero-order valence-corrected chi connectivity index (χ0v) is 19.5. The Morgan fingerprint density at radius 1 is 0.971 bits per heavy atom. The monoisotopic (exact) mass is 452 g/mol. The highest BCUT2D eigenvalue weighted by atomic mass is 16.1. The minimum atomic E-state index is -0.0878. The lowest BCUT2D eigenvalue weighted by Crippen LogP contribution is -2.41. The Morgan fingerprint density at radius 2 is 1.76 bits per heavy atom. The summed E-state index contributed by atoms with van der Waals surface area (Å²) in [6.07, 6.45) is 5.46. The molecule has 34 heavy (non-hydrogen) atoms. The van der Waals surface area contributed by atoms with Crippen LogP contribution in [-0.4, -0.2) is 38.7 Å². The van der Waals surface area contributed by atoms with E-state index in [4.69, 9.17) is 0 Å². The van der Waals surface area contributed by atoms with Crippen molar-refractivity contribution in [3.05, 3.63) is 84.2 Å². The molecule has 1 amide bonds. The van der Waals surface area contributed by atoms with E-state index in [2.05, 4.69) is 39.2 Å². The van der Waals surface area contributed by atoms with E-state index < -0.39 is 0 Å². The summed E-state index contributed by atoms with van der Waals surface area (Å²) >= 11 is 0. The molecule has 0 spiro atoms. The molecular formula is C27H28N6O. The third-order valence-electron chi connectivity index (χ3n) is 6.45. The summed E-state index contributed by atoms with van der Waals surface area (Å²) in [5, 5.41) is 12.0. The first-order chi connectivity index (χ1) is 16.6. The molecule has 0 aliphatic carbocycles. The highest BCUT2D eigenvalue weighted by molar-refractivity contribution is 5.93. The number of rotatable bonds is 5. The van der Waals surface area contributed by atoms with Gasteiger partial charge in [-0.1, -0.05) is 36.4 Å². The highest BCUT2D eigenvalue weighted by Gasteiger charge is 2.27. The summed E-state index contributed by atoms with van der Waals surface area (Å²) in [4.78, 5) is 19.6. The Balaban J connectivity index is 1.28. The first-order valence-electron chi connectivity index (χ1n) is 11.6. The maximum absolute atomic E-state index is 12.9. The number of nitrogens with zero attached hydrogens (tertiary/aromatic N) is 5. The fraction of sp³-hybridized carbons (Fsp3) is 0.259. The van der Waals surface area contributed by atoms with Gasteiger partial charge in [-0.15, -0.1) is 10.2 Å². The molecule has 1 saturated heterocycles. The van der Waals surface area contributed by atoms with Crippen molar-refractivity contribution >= 4 is 17.4 Å². The number of piperidine rings is 1. The van der Waals surface area contributed by atoms with E-state index in [9.17, 15) is 4.79 Å². The summed E-state index contributed by atoms with van der Waals surface area (Å²) < 4.78 is 1.93. The fourth-order valence-electron chi connectivity index (χ4n) is 4.37. The molecule has 0 saturated carbocycles. The molecular weight excluding hydrogens is 424 g/mol. The van der Waals surface area contributed by atoms with Crippen LogP contribution in [0, 0.1) is 19.8 Å². The first-order valence-corrected chi connectivity index (χ1v) is 11.6. The average molecular weight is 453 g/mol. The van der Waals surface area contributed by atoms with E-state index in [1.54, 1.807) is 6.20 Å². The largest absolute Gasteiger partial charge is 0.354 e. The predicted octanol–water partition coefficient (Wildman–Crippen LogP) is 4.80. The van der Waals surface area contributed by atoms with Gasteiger partial charge in [0.2, 0.25) is 5.91 Å². The number of carbonyl (C=O) groups is 1. The summed E-state index contributed by atoms with van der Waals surface area (Å²) in [6.45, 7) is 5.62. The molecule has 3 heterocycles. The van der Waals surface area contributed by atoms with Crippen LogP contribution in [0.15, 0.2) is 73.1 Å². The van der Waals surface area contributed by atoms with Crippen LogP contribution in [0.5, 0.6) is 0 Å². The number of carbonyl (C=O) groups excluding carboxylic acids is 1. The summed E-state index contributed by atoms with van der Waals surface area (Å²) in [5.41, 5.74) is 4.26. The maximum atomic E-state index is 12.9. The number of hydrogen-bond donors (Lipinski definition) is 1. The van der Waals surface area contributed by atoms with Gasteiger partial charge in [0, 0.05) is 36.7 Å². The van der Waals surface area contributed by atoms with E-state index in [0.717, 1.165) is 42.3 Å². The molecule has 1 unspecified atom stereocenters. The molecule has 4 aromatic rings. The molecule has 1 aliphatic rings. The Morgan fingerprint density at radius 3 is 2.53 bits per heavy atom. The number of hydrogen-bond acceptors (Lipinski definition) is 5. The van der Waals surface area contributed by atoms with Gasteiger partial charge in [-0.25, -0.2) is 4.98 Å². The Hall–Kier alpha value is -4.00. The van der Waals surface area contributed by atoms with Crippen LogP contribution in [-0.2, 0) is 4.79 Å². The molecule has 7 nitrogen and oxygen atoms in total. The van der Waals surface area contributed by atoms with Crippen molar-refractivity contribution < 1.29 is 4.79 Å². The lowest BCUT2D eigenvalue weighted by atomic mass is 9.97. The van der Waals surface area contributed by atoms with Gasteiger partial charge in [0.25, 0.3) is 0 Å². The normalized spacial score (nSPS) is 15.8. The van der Waals surface area contributed by atoms with Crippen molar-refractivity contribution in [1.29, 1.82) is 0 Å². The summed E-state index contributed by atoms with van der Waals surface area (Å²) in [7, 11) is 0. The fourth-order valence-corrected chi connectivity index (χ4v) is 4.37. The first kappa shape index (κ1) is 21.8. The second kappa shape index (κ2) is 9.47. The number of amides is 1. The minimum absolute atomic E-state index is 0.0588. The van der Waals surface area contributed by atoms with E-state index in [-0.39, 0.29) is 11.8 Å². The zero-order valence-electron chi connectivity index (χ0n) is 19.5. The van der Waals surface area contributed by atoms with Crippen molar-refractivity contribution in [2.45, 2.75) is 26.7 Å². The smallest absolute Gasteiger partial charge is 0.229 e.